The fourth-order valence-electron chi connectivity index (χ4n) is 2.49. The average Bonchev–Trinajstić information content (AvgIpc) is 2.97. The van der Waals surface area contributed by atoms with Crippen molar-refractivity contribution < 1.29 is 42.5 Å². The van der Waals surface area contributed by atoms with Gasteiger partial charge in [-0.25, -0.2) is 9.59 Å². The molecule has 0 unspecified atom stereocenters. The summed E-state index contributed by atoms with van der Waals surface area (Å²) >= 11 is -0.813. The smallest absolute Gasteiger partial charge is 0.415 e. The molecule has 0 heterocycles. The Kier molecular flexibility index (Phi) is 8.17. The van der Waals surface area contributed by atoms with Crippen LogP contribution < -0.4 is 5.26 Å². The standard InChI is InChI=1S/C13H20F2O7S/c1-2-3-6-12(7-4-5-8-12)20-10(16)9-19-11(17)13(14,15)23-22-21-18/h18H,2-9H2,1H3/p-1. The van der Waals surface area contributed by atoms with Crippen LogP contribution in [0.4, 0.5) is 8.78 Å². The van der Waals surface area contributed by atoms with Crippen molar-refractivity contribution in [2.24, 2.45) is 0 Å². The largest absolute Gasteiger partial charge is 0.691 e. The third kappa shape index (κ3) is 6.58. The Bertz CT molecular complexity index is 400. The van der Waals surface area contributed by atoms with Gasteiger partial charge in [-0.2, -0.15) is 13.1 Å². The molecule has 0 spiro atoms. The lowest BCUT2D eigenvalue weighted by atomic mass is 9.95. The van der Waals surface area contributed by atoms with Crippen LogP contribution in [0.3, 0.4) is 0 Å². The summed E-state index contributed by atoms with van der Waals surface area (Å²) in [6, 6.07) is 0. The van der Waals surface area contributed by atoms with E-state index in [1.165, 1.54) is 0 Å². The summed E-state index contributed by atoms with van der Waals surface area (Å²) in [5.41, 5.74) is -0.587. The van der Waals surface area contributed by atoms with Crippen molar-refractivity contribution in [1.29, 1.82) is 0 Å². The number of halogens is 2. The highest BCUT2D eigenvalue weighted by Gasteiger charge is 2.44. The van der Waals surface area contributed by atoms with E-state index in [9.17, 15) is 23.6 Å². The predicted octanol–water partition coefficient (Wildman–Crippen LogP) is 2.04. The molecule has 0 aliphatic heterocycles. The van der Waals surface area contributed by atoms with Crippen molar-refractivity contribution in [2.75, 3.05) is 6.61 Å². The molecule has 7 nitrogen and oxygen atoms in total. The summed E-state index contributed by atoms with van der Waals surface area (Å²) in [5, 5.41) is 8.04. The molecule has 0 aromatic carbocycles. The number of alkyl halides is 2. The zero-order chi connectivity index (χ0) is 17.3. The van der Waals surface area contributed by atoms with Crippen molar-refractivity contribution in [2.45, 2.75) is 62.7 Å². The highest BCUT2D eigenvalue weighted by Crippen LogP contribution is 2.37. The molecule has 0 atom stereocenters. The van der Waals surface area contributed by atoms with Crippen molar-refractivity contribution in [1.82, 2.24) is 0 Å². The van der Waals surface area contributed by atoms with Crippen molar-refractivity contribution >= 4 is 24.0 Å². The van der Waals surface area contributed by atoms with Crippen molar-refractivity contribution in [3.63, 3.8) is 0 Å². The first-order valence-electron chi connectivity index (χ1n) is 7.26. The second-order valence-electron chi connectivity index (χ2n) is 5.28. The Labute approximate surface area is 136 Å². The van der Waals surface area contributed by atoms with Crippen LogP contribution in [0.1, 0.15) is 51.9 Å². The zero-order valence-electron chi connectivity index (χ0n) is 12.7. The molecule has 134 valence electrons. The van der Waals surface area contributed by atoms with Gasteiger partial charge in [0, 0.05) is 0 Å². The molecule has 1 aliphatic rings. The molecule has 23 heavy (non-hydrogen) atoms. The van der Waals surface area contributed by atoms with E-state index in [0.29, 0.717) is 19.3 Å². The van der Waals surface area contributed by atoms with Crippen LogP contribution in [0, 0.1) is 0 Å². The van der Waals surface area contributed by atoms with Gasteiger partial charge >= 0.3 is 17.2 Å². The Morgan fingerprint density at radius 2 is 1.96 bits per heavy atom. The minimum absolute atomic E-state index is 0.587. The van der Waals surface area contributed by atoms with Gasteiger partial charge in [0.15, 0.2) is 6.61 Å². The van der Waals surface area contributed by atoms with E-state index in [2.05, 4.69) is 14.1 Å². The van der Waals surface area contributed by atoms with Gasteiger partial charge in [0.2, 0.25) is 0 Å². The summed E-state index contributed by atoms with van der Waals surface area (Å²) < 4.78 is 39.2. The first-order chi connectivity index (χ1) is 10.9. The lowest BCUT2D eigenvalue weighted by Crippen LogP contribution is -2.35. The lowest BCUT2D eigenvalue weighted by Gasteiger charge is -2.29. The third-order valence-electron chi connectivity index (χ3n) is 3.56. The summed E-state index contributed by atoms with van der Waals surface area (Å²) in [7, 11) is 0. The van der Waals surface area contributed by atoms with Gasteiger partial charge in [-0.3, -0.25) is 5.04 Å². The first-order valence-corrected chi connectivity index (χ1v) is 8.00. The second-order valence-corrected chi connectivity index (χ2v) is 6.10. The van der Waals surface area contributed by atoms with Gasteiger partial charge in [0.25, 0.3) is 0 Å². The lowest BCUT2D eigenvalue weighted by molar-refractivity contribution is -0.777. The normalized spacial score (nSPS) is 17.0. The van der Waals surface area contributed by atoms with E-state index in [-0.39, 0.29) is 0 Å². The molecule has 0 radical (unpaired) electrons. The van der Waals surface area contributed by atoms with Crippen molar-refractivity contribution in [3.8, 4) is 0 Å². The van der Waals surface area contributed by atoms with Gasteiger partial charge in [-0.15, -0.1) is 0 Å². The Morgan fingerprint density at radius 1 is 1.30 bits per heavy atom. The highest BCUT2D eigenvalue weighted by molar-refractivity contribution is 7.96. The molecule has 0 aromatic heterocycles. The van der Waals surface area contributed by atoms with Crippen molar-refractivity contribution in [3.05, 3.63) is 0 Å². The quantitative estimate of drug-likeness (QED) is 0.254. The van der Waals surface area contributed by atoms with E-state index < -0.39 is 41.4 Å². The Hall–Kier alpha value is -0.970. The highest BCUT2D eigenvalue weighted by atomic mass is 32.2. The van der Waals surface area contributed by atoms with E-state index in [1.807, 2.05) is 6.92 Å². The maximum Gasteiger partial charge on any atom is 0.415 e. The maximum atomic E-state index is 13.1. The Balaban J connectivity index is 2.44. The maximum absolute atomic E-state index is 13.1. The SMILES string of the molecule is CCCCC1(OC(=O)COC(=O)C(F)(F)SOO[O-])CCCC1. The van der Waals surface area contributed by atoms with Crippen LogP contribution in [0.25, 0.3) is 0 Å². The van der Waals surface area contributed by atoms with E-state index in [0.717, 1.165) is 25.7 Å². The fraction of sp³-hybridized carbons (Fsp3) is 0.846. The molecule has 1 saturated carbocycles. The fourth-order valence-corrected chi connectivity index (χ4v) is 2.73. The number of carbonyl (C=O) groups is 2. The molecule has 0 bridgehead atoms. The molecule has 0 amide bonds. The summed E-state index contributed by atoms with van der Waals surface area (Å²) in [6.45, 7) is 1.08. The molecule has 0 N–H and O–H groups in total. The minimum Gasteiger partial charge on any atom is -0.691 e. The van der Waals surface area contributed by atoms with E-state index in [1.54, 1.807) is 0 Å². The van der Waals surface area contributed by atoms with E-state index >= 15 is 0 Å². The summed E-state index contributed by atoms with van der Waals surface area (Å²) in [4.78, 5) is 22.9. The molecular formula is C13H19F2O7S-. The molecule has 0 saturated heterocycles. The number of rotatable bonds is 10. The predicted molar refractivity (Wildman–Crippen MR) is 72.5 cm³/mol. The number of unbranched alkanes of at least 4 members (excludes halogenated alkanes) is 1. The average molecular weight is 357 g/mol. The summed E-state index contributed by atoms with van der Waals surface area (Å²) in [6.07, 6.45) is 5.81. The number of hydrogen-bond donors (Lipinski definition) is 0. The molecular weight excluding hydrogens is 338 g/mol. The van der Waals surface area contributed by atoms with Gasteiger partial charge in [0.05, 0.1) is 0 Å². The number of carbonyl (C=O) groups excluding carboxylic acids is 2. The van der Waals surface area contributed by atoms with Crippen LogP contribution in [0.15, 0.2) is 0 Å². The van der Waals surface area contributed by atoms with Gasteiger partial charge in [-0.05, 0) is 38.5 Å². The topological polar surface area (TPSA) is 94.1 Å². The third-order valence-corrected chi connectivity index (χ3v) is 4.06. The molecule has 0 aromatic rings. The number of hydrogen-bond acceptors (Lipinski definition) is 8. The second kappa shape index (κ2) is 9.36. The zero-order valence-corrected chi connectivity index (χ0v) is 13.5. The van der Waals surface area contributed by atoms with Crippen LogP contribution >= 0.6 is 12.0 Å². The number of esters is 2. The van der Waals surface area contributed by atoms with Gasteiger partial charge in [-0.1, -0.05) is 13.3 Å². The monoisotopic (exact) mass is 357 g/mol. The van der Waals surface area contributed by atoms with Crippen LogP contribution in [0.5, 0.6) is 0 Å². The number of ether oxygens (including phenoxy) is 2. The van der Waals surface area contributed by atoms with Crippen LogP contribution in [0.2, 0.25) is 0 Å². The molecule has 10 heteroatoms. The van der Waals surface area contributed by atoms with Gasteiger partial charge < -0.3 is 14.7 Å². The van der Waals surface area contributed by atoms with Gasteiger partial charge in [0.1, 0.15) is 17.6 Å². The molecule has 1 rings (SSSR count). The first kappa shape index (κ1) is 20.1. The molecule has 1 aliphatic carbocycles. The minimum atomic E-state index is -4.17. The van der Waals surface area contributed by atoms with E-state index in [4.69, 9.17) is 4.74 Å². The summed E-state index contributed by atoms with van der Waals surface area (Å²) in [5.74, 6) is -2.90. The molecule has 1 fully saturated rings. The van der Waals surface area contributed by atoms with Crippen LogP contribution in [-0.4, -0.2) is 29.4 Å². The Morgan fingerprint density at radius 3 is 2.52 bits per heavy atom. The van der Waals surface area contributed by atoms with Crippen LogP contribution in [-0.2, 0) is 28.4 Å².